The SMILES string of the molecule is CC(C)c1n[nH]c(=S)n1CC(C)S(C)=O. The average Bonchev–Trinajstić information content (AvgIpc) is 2.48. The lowest BCUT2D eigenvalue weighted by atomic mass is 10.2. The monoisotopic (exact) mass is 247 g/mol. The minimum Gasteiger partial charge on any atom is -0.303 e. The van der Waals surface area contributed by atoms with Crippen molar-refractivity contribution in [2.45, 2.75) is 38.5 Å². The molecule has 1 aromatic heterocycles. The Kier molecular flexibility index (Phi) is 4.21. The van der Waals surface area contributed by atoms with Crippen molar-refractivity contribution in [1.82, 2.24) is 14.8 Å². The molecule has 1 aromatic rings. The van der Waals surface area contributed by atoms with Gasteiger partial charge in [0.25, 0.3) is 0 Å². The molecule has 0 aromatic carbocycles. The van der Waals surface area contributed by atoms with Crippen LogP contribution >= 0.6 is 12.2 Å². The standard InChI is InChI=1S/C9H17N3OS2/c1-6(2)8-10-11-9(14)12(8)5-7(3)15(4)13/h6-7H,5H2,1-4H3,(H,11,14). The highest BCUT2D eigenvalue weighted by Crippen LogP contribution is 2.12. The number of nitrogens with one attached hydrogen (secondary N) is 1. The van der Waals surface area contributed by atoms with Gasteiger partial charge in [-0.1, -0.05) is 13.8 Å². The van der Waals surface area contributed by atoms with Gasteiger partial charge in [-0.25, -0.2) is 0 Å². The maximum Gasteiger partial charge on any atom is 0.195 e. The molecular formula is C9H17N3OS2. The van der Waals surface area contributed by atoms with Crippen molar-refractivity contribution in [2.24, 2.45) is 0 Å². The first-order valence-electron chi connectivity index (χ1n) is 4.90. The summed E-state index contributed by atoms with van der Waals surface area (Å²) in [6, 6.07) is 0. The zero-order valence-corrected chi connectivity index (χ0v) is 11.1. The predicted octanol–water partition coefficient (Wildman–Crippen LogP) is 1.83. The van der Waals surface area contributed by atoms with Crippen molar-refractivity contribution >= 4 is 23.0 Å². The molecule has 0 aliphatic rings. The Bertz CT molecular complexity index is 408. The first-order valence-corrected chi connectivity index (χ1v) is 6.93. The summed E-state index contributed by atoms with van der Waals surface area (Å²) in [7, 11) is -0.834. The highest BCUT2D eigenvalue weighted by molar-refractivity contribution is 7.84. The van der Waals surface area contributed by atoms with Crippen LogP contribution in [0.3, 0.4) is 0 Å². The van der Waals surface area contributed by atoms with Gasteiger partial charge >= 0.3 is 0 Å². The van der Waals surface area contributed by atoms with Gasteiger partial charge in [-0.2, -0.15) is 5.10 Å². The molecule has 0 aliphatic heterocycles. The molecule has 0 aliphatic carbocycles. The number of hydrogen-bond donors (Lipinski definition) is 1. The second-order valence-electron chi connectivity index (χ2n) is 3.96. The van der Waals surface area contributed by atoms with Gasteiger partial charge in [0.2, 0.25) is 0 Å². The van der Waals surface area contributed by atoms with Crippen LogP contribution in [-0.4, -0.2) is 30.5 Å². The van der Waals surface area contributed by atoms with Gasteiger partial charge in [-0.3, -0.25) is 9.31 Å². The maximum atomic E-state index is 11.3. The fraction of sp³-hybridized carbons (Fsp3) is 0.778. The van der Waals surface area contributed by atoms with E-state index in [1.54, 1.807) is 6.26 Å². The van der Waals surface area contributed by atoms with Crippen LogP contribution in [0.1, 0.15) is 32.5 Å². The van der Waals surface area contributed by atoms with Gasteiger partial charge in [0.1, 0.15) is 5.82 Å². The molecule has 0 bridgehead atoms. The third-order valence-electron chi connectivity index (χ3n) is 2.31. The minimum atomic E-state index is -0.834. The molecule has 15 heavy (non-hydrogen) atoms. The van der Waals surface area contributed by atoms with E-state index in [0.717, 1.165) is 5.82 Å². The van der Waals surface area contributed by atoms with Crippen molar-refractivity contribution < 1.29 is 4.21 Å². The van der Waals surface area contributed by atoms with Crippen molar-refractivity contribution in [3.05, 3.63) is 10.6 Å². The summed E-state index contributed by atoms with van der Waals surface area (Å²) >= 11 is 5.14. The topological polar surface area (TPSA) is 50.7 Å². The van der Waals surface area contributed by atoms with Crippen molar-refractivity contribution in [3.8, 4) is 0 Å². The summed E-state index contributed by atoms with van der Waals surface area (Å²) < 4.78 is 13.8. The van der Waals surface area contributed by atoms with E-state index in [-0.39, 0.29) is 5.25 Å². The van der Waals surface area contributed by atoms with Crippen LogP contribution in [-0.2, 0) is 17.3 Å². The summed E-state index contributed by atoms with van der Waals surface area (Å²) in [5.74, 6) is 1.24. The van der Waals surface area contributed by atoms with Crippen LogP contribution in [0.4, 0.5) is 0 Å². The summed E-state index contributed by atoms with van der Waals surface area (Å²) in [5.41, 5.74) is 0. The third kappa shape index (κ3) is 2.98. The molecule has 1 N–H and O–H groups in total. The number of hydrogen-bond acceptors (Lipinski definition) is 3. The van der Waals surface area contributed by atoms with Gasteiger partial charge < -0.3 is 4.57 Å². The Morgan fingerprint density at radius 3 is 2.60 bits per heavy atom. The molecule has 2 atom stereocenters. The Hall–Kier alpha value is -0.490. The molecule has 0 saturated heterocycles. The molecule has 0 radical (unpaired) electrons. The molecule has 6 heteroatoms. The third-order valence-corrected chi connectivity index (χ3v) is 3.90. The van der Waals surface area contributed by atoms with Gasteiger partial charge in [0.15, 0.2) is 4.77 Å². The molecule has 1 heterocycles. The fourth-order valence-electron chi connectivity index (χ4n) is 1.31. The van der Waals surface area contributed by atoms with Gasteiger partial charge in [0.05, 0.1) is 0 Å². The van der Waals surface area contributed by atoms with Crippen LogP contribution in [0.25, 0.3) is 0 Å². The molecule has 0 fully saturated rings. The number of aromatic nitrogens is 3. The Morgan fingerprint density at radius 2 is 2.13 bits per heavy atom. The lowest BCUT2D eigenvalue weighted by molar-refractivity contribution is 0.598. The molecule has 0 spiro atoms. The first kappa shape index (κ1) is 12.6. The van der Waals surface area contributed by atoms with Crippen LogP contribution in [0.2, 0.25) is 0 Å². The predicted molar refractivity (Wildman–Crippen MR) is 65.0 cm³/mol. The van der Waals surface area contributed by atoms with Crippen molar-refractivity contribution in [3.63, 3.8) is 0 Å². The molecule has 4 nitrogen and oxygen atoms in total. The normalized spacial score (nSPS) is 15.5. The van der Waals surface area contributed by atoms with E-state index in [0.29, 0.717) is 17.2 Å². The van der Waals surface area contributed by atoms with Crippen molar-refractivity contribution in [1.29, 1.82) is 0 Å². The smallest absolute Gasteiger partial charge is 0.195 e. The van der Waals surface area contributed by atoms with E-state index in [9.17, 15) is 4.21 Å². The molecular weight excluding hydrogens is 230 g/mol. The van der Waals surface area contributed by atoms with Crippen molar-refractivity contribution in [2.75, 3.05) is 6.26 Å². The summed E-state index contributed by atoms with van der Waals surface area (Å²) in [5, 5.41) is 7.04. The van der Waals surface area contributed by atoms with E-state index < -0.39 is 10.8 Å². The van der Waals surface area contributed by atoms with Crippen LogP contribution in [0, 0.1) is 4.77 Å². The minimum absolute atomic E-state index is 0.0896. The molecule has 86 valence electrons. The number of aromatic amines is 1. The van der Waals surface area contributed by atoms with Crippen LogP contribution < -0.4 is 0 Å². The maximum absolute atomic E-state index is 11.3. The summed E-state index contributed by atoms with van der Waals surface area (Å²) in [6.07, 6.45) is 1.71. The fourth-order valence-corrected chi connectivity index (χ4v) is 1.88. The van der Waals surface area contributed by atoms with Gasteiger partial charge in [-0.05, 0) is 19.1 Å². The molecule has 1 rings (SSSR count). The summed E-state index contributed by atoms with van der Waals surface area (Å²) in [4.78, 5) is 0. The number of H-pyrrole nitrogens is 1. The number of nitrogens with zero attached hydrogens (tertiary/aromatic N) is 2. The molecule has 0 amide bonds. The zero-order valence-electron chi connectivity index (χ0n) is 9.48. The van der Waals surface area contributed by atoms with E-state index in [1.807, 2.05) is 11.5 Å². The van der Waals surface area contributed by atoms with E-state index >= 15 is 0 Å². The van der Waals surface area contributed by atoms with E-state index in [4.69, 9.17) is 12.2 Å². The molecule has 2 unspecified atom stereocenters. The Balaban J connectivity index is 2.98. The average molecular weight is 247 g/mol. The highest BCUT2D eigenvalue weighted by atomic mass is 32.2. The number of rotatable bonds is 4. The zero-order chi connectivity index (χ0) is 11.6. The largest absolute Gasteiger partial charge is 0.303 e. The quantitative estimate of drug-likeness (QED) is 0.826. The van der Waals surface area contributed by atoms with E-state index in [1.165, 1.54) is 0 Å². The van der Waals surface area contributed by atoms with Crippen LogP contribution in [0.15, 0.2) is 0 Å². The van der Waals surface area contributed by atoms with Gasteiger partial charge in [-0.15, -0.1) is 0 Å². The Labute approximate surface area is 97.5 Å². The first-order chi connectivity index (χ1) is 6.93. The lowest BCUT2D eigenvalue weighted by Crippen LogP contribution is -2.19. The second kappa shape index (κ2) is 5.03. The Morgan fingerprint density at radius 1 is 1.53 bits per heavy atom. The molecule has 0 saturated carbocycles. The lowest BCUT2D eigenvalue weighted by Gasteiger charge is -2.12. The van der Waals surface area contributed by atoms with E-state index in [2.05, 4.69) is 24.0 Å². The van der Waals surface area contributed by atoms with Gasteiger partial charge in [0, 0.05) is 34.8 Å². The second-order valence-corrected chi connectivity index (χ2v) is 6.15. The summed E-state index contributed by atoms with van der Waals surface area (Å²) in [6.45, 7) is 6.74. The van der Waals surface area contributed by atoms with Crippen LogP contribution in [0.5, 0.6) is 0 Å². The highest BCUT2D eigenvalue weighted by Gasteiger charge is 2.14.